The predicted octanol–water partition coefficient (Wildman–Crippen LogP) is 6.87. The lowest BCUT2D eigenvalue weighted by molar-refractivity contribution is -0.140. The number of carbonyl (C=O) groups is 2. The molecule has 242 valence electrons. The Balaban J connectivity index is 1.82. The molecule has 4 aromatic carbocycles. The lowest BCUT2D eigenvalue weighted by atomic mass is 10.0. The van der Waals surface area contributed by atoms with Gasteiger partial charge in [0.05, 0.1) is 10.6 Å². The third-order valence-electron chi connectivity index (χ3n) is 7.92. The Morgan fingerprint density at radius 3 is 2.11 bits per heavy atom. The molecule has 4 rings (SSSR count). The van der Waals surface area contributed by atoms with Crippen LogP contribution in [-0.4, -0.2) is 44.3 Å². The molecule has 0 aliphatic carbocycles. The van der Waals surface area contributed by atoms with Gasteiger partial charge in [-0.1, -0.05) is 97.7 Å². The molecule has 4 aromatic rings. The molecule has 0 unspecified atom stereocenters. The maximum atomic E-state index is 14.6. The molecule has 1 N–H and O–H groups in total. The molecule has 0 aliphatic heterocycles. The van der Waals surface area contributed by atoms with Crippen LogP contribution in [0.4, 0.5) is 5.69 Å². The molecule has 0 fully saturated rings. The second kappa shape index (κ2) is 15.4. The van der Waals surface area contributed by atoms with Crippen molar-refractivity contribution in [3.8, 4) is 0 Å². The quantitative estimate of drug-likeness (QED) is 0.170. The van der Waals surface area contributed by atoms with Crippen molar-refractivity contribution in [2.45, 2.75) is 58.5 Å². The van der Waals surface area contributed by atoms with E-state index in [1.807, 2.05) is 77.1 Å². The van der Waals surface area contributed by atoms with E-state index in [0.29, 0.717) is 22.8 Å². The topological polar surface area (TPSA) is 86.8 Å². The fourth-order valence-electron chi connectivity index (χ4n) is 5.03. The van der Waals surface area contributed by atoms with Gasteiger partial charge in [-0.3, -0.25) is 13.9 Å². The van der Waals surface area contributed by atoms with E-state index >= 15 is 0 Å². The molecule has 7 nitrogen and oxygen atoms in total. The Morgan fingerprint density at radius 2 is 1.48 bits per heavy atom. The Kier molecular flexibility index (Phi) is 11.7. The third-order valence-corrected chi connectivity index (χ3v) is 10.1. The maximum Gasteiger partial charge on any atom is 0.264 e. The molecule has 0 bridgehead atoms. The van der Waals surface area contributed by atoms with Crippen molar-refractivity contribution in [3.63, 3.8) is 0 Å². The summed E-state index contributed by atoms with van der Waals surface area (Å²) in [5.74, 6) is -0.666. The van der Waals surface area contributed by atoms with E-state index in [0.717, 1.165) is 26.6 Å². The average molecular weight is 660 g/mol. The fourth-order valence-corrected chi connectivity index (χ4v) is 6.64. The number of sulfonamides is 1. The number of hydrogen-bond acceptors (Lipinski definition) is 4. The highest BCUT2D eigenvalue weighted by molar-refractivity contribution is 7.92. The molecule has 1 atom stereocenters. The van der Waals surface area contributed by atoms with Crippen molar-refractivity contribution < 1.29 is 18.0 Å². The standard InChI is InChI=1S/C37H42ClN3O4S/c1-26(2)23-39-37(43)35(22-30-11-7-6-8-12-30)40(24-31-13-9-10-14-34(31)38)36(42)25-41(32-18-17-28(4)29(5)21-32)46(44,45)33-19-15-27(3)16-20-33/h6-21,26,35H,22-25H2,1-5H3,(H,39,43)/t35-/m0/s1. The van der Waals surface area contributed by atoms with E-state index in [4.69, 9.17) is 11.6 Å². The van der Waals surface area contributed by atoms with Crippen LogP contribution in [0.25, 0.3) is 0 Å². The molecule has 0 aliphatic rings. The van der Waals surface area contributed by atoms with Crippen LogP contribution in [0.3, 0.4) is 0 Å². The first-order valence-corrected chi connectivity index (χ1v) is 17.2. The monoisotopic (exact) mass is 659 g/mol. The van der Waals surface area contributed by atoms with Crippen molar-refractivity contribution in [3.05, 3.63) is 130 Å². The van der Waals surface area contributed by atoms with Gasteiger partial charge in [0.25, 0.3) is 10.0 Å². The van der Waals surface area contributed by atoms with E-state index < -0.39 is 28.5 Å². The van der Waals surface area contributed by atoms with Crippen molar-refractivity contribution in [2.24, 2.45) is 5.92 Å². The van der Waals surface area contributed by atoms with Crippen LogP contribution in [0, 0.1) is 26.7 Å². The lowest BCUT2D eigenvalue weighted by Gasteiger charge is -2.34. The summed E-state index contributed by atoms with van der Waals surface area (Å²) in [5.41, 5.74) is 4.66. The Morgan fingerprint density at radius 1 is 0.826 bits per heavy atom. The third kappa shape index (κ3) is 8.77. The summed E-state index contributed by atoms with van der Waals surface area (Å²) >= 11 is 6.57. The van der Waals surface area contributed by atoms with Gasteiger partial charge in [0.1, 0.15) is 12.6 Å². The summed E-state index contributed by atoms with van der Waals surface area (Å²) in [4.78, 5) is 30.0. The van der Waals surface area contributed by atoms with E-state index in [9.17, 15) is 18.0 Å². The van der Waals surface area contributed by atoms with Crippen LogP contribution in [0.5, 0.6) is 0 Å². The van der Waals surface area contributed by atoms with Crippen LogP contribution in [0.15, 0.2) is 102 Å². The number of hydrogen-bond donors (Lipinski definition) is 1. The van der Waals surface area contributed by atoms with E-state index in [1.54, 1.807) is 54.6 Å². The zero-order valence-electron chi connectivity index (χ0n) is 27.0. The van der Waals surface area contributed by atoms with Crippen LogP contribution >= 0.6 is 11.6 Å². The molecule has 2 amide bonds. The van der Waals surface area contributed by atoms with Gasteiger partial charge in [-0.25, -0.2) is 8.42 Å². The van der Waals surface area contributed by atoms with Crippen LogP contribution < -0.4 is 9.62 Å². The minimum atomic E-state index is -4.18. The summed E-state index contributed by atoms with van der Waals surface area (Å²) in [7, 11) is -4.18. The molecule has 0 saturated carbocycles. The Labute approximate surface area is 278 Å². The Hall–Kier alpha value is -4.14. The second-order valence-electron chi connectivity index (χ2n) is 12.1. The molecule has 0 saturated heterocycles. The molecule has 0 radical (unpaired) electrons. The van der Waals surface area contributed by atoms with Gasteiger partial charge < -0.3 is 10.2 Å². The minimum absolute atomic E-state index is 0.0104. The first kappa shape index (κ1) is 34.7. The molecule has 46 heavy (non-hydrogen) atoms. The van der Waals surface area contributed by atoms with Gasteiger partial charge in [0.2, 0.25) is 11.8 Å². The number of nitrogens with one attached hydrogen (secondary N) is 1. The van der Waals surface area contributed by atoms with Crippen LogP contribution in [-0.2, 0) is 32.6 Å². The number of amides is 2. The molecular formula is C37H42ClN3O4S. The molecule has 0 heterocycles. The molecule has 0 aromatic heterocycles. The normalized spacial score (nSPS) is 12.1. The summed E-state index contributed by atoms with van der Waals surface area (Å²) < 4.78 is 29.6. The van der Waals surface area contributed by atoms with Gasteiger partial charge >= 0.3 is 0 Å². The number of rotatable bonds is 13. The number of carbonyl (C=O) groups excluding carboxylic acids is 2. The summed E-state index contributed by atoms with van der Waals surface area (Å²) in [6, 6.07) is 27.5. The molecule has 9 heteroatoms. The summed E-state index contributed by atoms with van der Waals surface area (Å²) in [6.45, 7) is 9.63. The Bertz CT molecular complexity index is 1760. The highest BCUT2D eigenvalue weighted by Crippen LogP contribution is 2.28. The number of aryl methyl sites for hydroxylation is 3. The van der Waals surface area contributed by atoms with Crippen molar-refractivity contribution in [1.29, 1.82) is 0 Å². The average Bonchev–Trinajstić information content (AvgIpc) is 3.03. The van der Waals surface area contributed by atoms with Gasteiger partial charge in [-0.15, -0.1) is 0 Å². The predicted molar refractivity (Wildman–Crippen MR) is 185 cm³/mol. The van der Waals surface area contributed by atoms with Crippen molar-refractivity contribution >= 4 is 39.1 Å². The fraction of sp³-hybridized carbons (Fsp3) is 0.297. The number of anilines is 1. The van der Waals surface area contributed by atoms with Gasteiger partial charge in [-0.05, 0) is 79.3 Å². The lowest BCUT2D eigenvalue weighted by Crippen LogP contribution is -2.53. The second-order valence-corrected chi connectivity index (χ2v) is 14.3. The van der Waals surface area contributed by atoms with E-state index in [2.05, 4.69) is 5.32 Å². The van der Waals surface area contributed by atoms with Gasteiger partial charge in [-0.2, -0.15) is 0 Å². The van der Waals surface area contributed by atoms with Crippen molar-refractivity contribution in [2.75, 3.05) is 17.4 Å². The minimum Gasteiger partial charge on any atom is -0.354 e. The number of benzene rings is 4. The van der Waals surface area contributed by atoms with E-state index in [-0.39, 0.29) is 29.7 Å². The number of halogens is 1. The van der Waals surface area contributed by atoms with E-state index in [1.165, 1.54) is 4.90 Å². The van der Waals surface area contributed by atoms with Gasteiger partial charge in [0, 0.05) is 24.5 Å². The summed E-state index contributed by atoms with van der Waals surface area (Å²) in [5, 5.41) is 3.44. The smallest absolute Gasteiger partial charge is 0.264 e. The highest BCUT2D eigenvalue weighted by atomic mass is 35.5. The van der Waals surface area contributed by atoms with Crippen molar-refractivity contribution in [1.82, 2.24) is 10.2 Å². The molecular weight excluding hydrogens is 618 g/mol. The zero-order chi connectivity index (χ0) is 33.4. The van der Waals surface area contributed by atoms with Crippen LogP contribution in [0.2, 0.25) is 5.02 Å². The molecule has 0 spiro atoms. The number of nitrogens with zero attached hydrogens (tertiary/aromatic N) is 2. The highest BCUT2D eigenvalue weighted by Gasteiger charge is 2.35. The zero-order valence-corrected chi connectivity index (χ0v) is 28.6. The van der Waals surface area contributed by atoms with Gasteiger partial charge in [0.15, 0.2) is 0 Å². The first-order valence-electron chi connectivity index (χ1n) is 15.4. The maximum absolute atomic E-state index is 14.6. The SMILES string of the molecule is Cc1ccc(S(=O)(=O)N(CC(=O)N(Cc2ccccc2Cl)[C@@H](Cc2ccccc2)C(=O)NCC(C)C)c2ccc(C)c(C)c2)cc1. The first-order chi connectivity index (χ1) is 21.9. The van der Waals surface area contributed by atoms with Crippen LogP contribution in [0.1, 0.15) is 41.7 Å². The summed E-state index contributed by atoms with van der Waals surface area (Å²) in [6.07, 6.45) is 0.231. The largest absolute Gasteiger partial charge is 0.354 e.